The lowest BCUT2D eigenvalue weighted by Crippen LogP contribution is -2.58. The highest BCUT2D eigenvalue weighted by molar-refractivity contribution is 7.15. The smallest absolute Gasteiger partial charge is 0.246 e. The predicted molar refractivity (Wildman–Crippen MR) is 304 cm³/mol. The van der Waals surface area contributed by atoms with Crippen LogP contribution < -0.4 is 16.0 Å². The van der Waals surface area contributed by atoms with Crippen molar-refractivity contribution in [1.82, 2.24) is 50.6 Å². The first-order valence-electron chi connectivity index (χ1n) is 26.0. The van der Waals surface area contributed by atoms with Crippen LogP contribution in [0, 0.1) is 33.1 Å². The molecule has 0 unspecified atom stereocenters. The maximum absolute atomic E-state index is 14.1. The molecular formula is C58H64ClN11O7S2. The molecule has 18 nitrogen and oxygen atoms in total. The van der Waals surface area contributed by atoms with E-state index in [4.69, 9.17) is 26.1 Å². The summed E-state index contributed by atoms with van der Waals surface area (Å²) in [6.07, 6.45) is 2.52. The van der Waals surface area contributed by atoms with Gasteiger partial charge in [-0.05, 0) is 81.3 Å². The summed E-state index contributed by atoms with van der Waals surface area (Å²) in [6.45, 7) is 16.8. The van der Waals surface area contributed by atoms with E-state index >= 15 is 0 Å². The number of thiophene rings is 1. The van der Waals surface area contributed by atoms with Gasteiger partial charge in [0.25, 0.3) is 0 Å². The Hall–Kier alpha value is -7.07. The number of ether oxygens (including phenoxy) is 2. The van der Waals surface area contributed by atoms with Gasteiger partial charge in [0, 0.05) is 57.5 Å². The third-order valence-electron chi connectivity index (χ3n) is 14.2. The molecule has 0 saturated carbocycles. The molecule has 0 radical (unpaired) electrons. The Kier molecular flexibility index (Phi) is 17.3. The first-order valence-corrected chi connectivity index (χ1v) is 28.1. The number of thiazole rings is 1. The largest absolute Gasteiger partial charge is 0.391 e. The molecule has 0 aliphatic carbocycles. The molecule has 6 heterocycles. The molecule has 3 aromatic carbocycles. The van der Waals surface area contributed by atoms with Gasteiger partial charge in [0.2, 0.25) is 23.6 Å². The lowest BCUT2D eigenvalue weighted by molar-refractivity contribution is -0.146. The van der Waals surface area contributed by atoms with Crippen molar-refractivity contribution < 1.29 is 33.8 Å². The number of rotatable bonds is 18. The lowest BCUT2D eigenvalue weighted by atomic mass is 9.85. The van der Waals surface area contributed by atoms with Crippen molar-refractivity contribution in [2.45, 2.75) is 118 Å². The highest BCUT2D eigenvalue weighted by atomic mass is 35.5. The second-order valence-electron chi connectivity index (χ2n) is 21.1. The molecule has 7 aromatic rings. The Morgan fingerprint density at radius 1 is 0.810 bits per heavy atom. The average molecular weight is 1130 g/mol. The molecule has 412 valence electrons. The normalized spacial score (nSPS) is 17.2. The third kappa shape index (κ3) is 12.9. The van der Waals surface area contributed by atoms with E-state index in [1.807, 2.05) is 131 Å². The number of fused-ring (bicyclic) bond motifs is 3. The van der Waals surface area contributed by atoms with Gasteiger partial charge in [-0.25, -0.2) is 15.0 Å². The summed E-state index contributed by atoms with van der Waals surface area (Å²) in [4.78, 5) is 77.1. The number of amides is 4. The van der Waals surface area contributed by atoms with Crippen molar-refractivity contribution in [3.05, 3.63) is 151 Å². The third-order valence-corrected chi connectivity index (χ3v) is 16.6. The maximum Gasteiger partial charge on any atom is 0.246 e. The fourth-order valence-corrected chi connectivity index (χ4v) is 11.9. The summed E-state index contributed by atoms with van der Waals surface area (Å²) < 4.78 is 13.2. The van der Waals surface area contributed by atoms with Crippen molar-refractivity contribution in [2.24, 2.45) is 10.4 Å². The number of aliphatic hydroxyl groups excluding tert-OH is 1. The minimum absolute atomic E-state index is 0.0462. The molecule has 0 spiro atoms. The molecule has 79 heavy (non-hydrogen) atoms. The van der Waals surface area contributed by atoms with Crippen LogP contribution in [0.15, 0.2) is 95.7 Å². The summed E-state index contributed by atoms with van der Waals surface area (Å²) in [5.74, 6) is 0.224. The van der Waals surface area contributed by atoms with Gasteiger partial charge in [0.05, 0.1) is 53.0 Å². The first-order chi connectivity index (χ1) is 37.7. The number of nitrogens with zero attached hydrogens (tertiary/aromatic N) is 8. The fraction of sp³-hybridized carbons (Fsp3) is 0.379. The van der Waals surface area contributed by atoms with E-state index in [1.165, 1.54) is 4.90 Å². The van der Waals surface area contributed by atoms with Gasteiger partial charge >= 0.3 is 0 Å². The number of aliphatic imine (C=N–C) groups is 1. The molecule has 2 aliphatic heterocycles. The number of halogens is 1. The zero-order valence-electron chi connectivity index (χ0n) is 45.5. The van der Waals surface area contributed by atoms with Crippen molar-refractivity contribution in [3.8, 4) is 26.8 Å². The van der Waals surface area contributed by atoms with Crippen LogP contribution in [-0.2, 0) is 35.3 Å². The molecule has 6 atom stereocenters. The van der Waals surface area contributed by atoms with Gasteiger partial charge in [0.1, 0.15) is 42.4 Å². The zero-order valence-corrected chi connectivity index (χ0v) is 47.9. The molecule has 2 aliphatic rings. The summed E-state index contributed by atoms with van der Waals surface area (Å²) >= 11 is 9.50. The lowest BCUT2D eigenvalue weighted by Gasteiger charge is -2.35. The zero-order chi connectivity index (χ0) is 56.3. The van der Waals surface area contributed by atoms with Crippen LogP contribution in [0.3, 0.4) is 0 Å². The molecule has 1 fully saturated rings. The number of carbonyl (C=O) groups is 4. The van der Waals surface area contributed by atoms with Gasteiger partial charge in [-0.15, -0.1) is 32.9 Å². The molecule has 4 amide bonds. The standard InChI is InChI=1S/C58H64ClN11O7S2/c1-31-35(5)79-57-49(31)50(40-18-20-43(59)21-19-40)65-45(54-68-67-36(6)70(54)57)23-47(72)63-32(2)38-12-16-42(17-13-38)53-60-24-37(25-61-53)27-76-30-77-28-48(73)66-52(58(7,8)9)56(75)69-26-44(71)22-46(69)55(74)64-33(3)39-10-14-41(15-11-39)51-34(4)62-29-78-51/h10-21,24-25,29,32-33,44-46,52,71H,22-23,26-28,30H2,1-9H3,(H,63,72)(H,64,74)(H,66,73)/t32-,33-,44+,45-,46-,52+/m0/s1. The van der Waals surface area contributed by atoms with E-state index in [2.05, 4.69) is 54.9 Å². The number of carbonyl (C=O) groups excluding carboxylic acids is 4. The van der Waals surface area contributed by atoms with Crippen molar-refractivity contribution in [3.63, 3.8) is 0 Å². The number of aliphatic hydroxyl groups is 1. The van der Waals surface area contributed by atoms with Crippen molar-refractivity contribution >= 4 is 63.6 Å². The second-order valence-corrected chi connectivity index (χ2v) is 23.6. The minimum atomic E-state index is -1.02. The van der Waals surface area contributed by atoms with Gasteiger partial charge < -0.3 is 35.4 Å². The van der Waals surface area contributed by atoms with E-state index in [0.29, 0.717) is 22.2 Å². The van der Waals surface area contributed by atoms with E-state index in [-0.39, 0.29) is 57.4 Å². The van der Waals surface area contributed by atoms with E-state index in [9.17, 15) is 24.3 Å². The number of likely N-dealkylation sites (tertiary alicyclic amines) is 1. The predicted octanol–water partition coefficient (Wildman–Crippen LogP) is 8.82. The number of benzene rings is 3. The number of hydrogen-bond acceptors (Lipinski definition) is 15. The first kappa shape index (κ1) is 56.6. The molecule has 21 heteroatoms. The van der Waals surface area contributed by atoms with E-state index in [0.717, 1.165) is 70.9 Å². The molecular weight excluding hydrogens is 1060 g/mol. The number of aryl methyl sites for hydroxylation is 3. The highest BCUT2D eigenvalue weighted by Crippen LogP contribution is 2.40. The Morgan fingerprint density at radius 2 is 1.46 bits per heavy atom. The summed E-state index contributed by atoms with van der Waals surface area (Å²) in [6, 6.07) is 19.9. The van der Waals surface area contributed by atoms with Gasteiger partial charge in [-0.1, -0.05) is 93.0 Å². The van der Waals surface area contributed by atoms with Crippen LogP contribution in [0.4, 0.5) is 0 Å². The quantitative estimate of drug-likeness (QED) is 0.0467. The summed E-state index contributed by atoms with van der Waals surface area (Å²) in [7, 11) is 0. The molecule has 1 saturated heterocycles. The number of β-amino-alcohol motifs (C(OH)–C–C–N with tert-alkyl or cyclic N) is 1. The Balaban J connectivity index is 0.735. The fourth-order valence-electron chi connectivity index (χ4n) is 9.76. The molecule has 4 aromatic heterocycles. The summed E-state index contributed by atoms with van der Waals surface area (Å²) in [5, 5.41) is 30.2. The average Bonchev–Trinajstić information content (AvgIpc) is 4.32. The number of nitrogens with one attached hydrogen (secondary N) is 3. The Bertz CT molecular complexity index is 3370. The van der Waals surface area contributed by atoms with Crippen LogP contribution in [0.2, 0.25) is 5.02 Å². The Labute approximate surface area is 472 Å². The Morgan fingerprint density at radius 3 is 2.10 bits per heavy atom. The van der Waals surface area contributed by atoms with Gasteiger partial charge in [-0.2, -0.15) is 0 Å². The van der Waals surface area contributed by atoms with Gasteiger partial charge in [-0.3, -0.25) is 28.7 Å². The monoisotopic (exact) mass is 1130 g/mol. The van der Waals surface area contributed by atoms with Gasteiger partial charge in [0.15, 0.2) is 11.6 Å². The van der Waals surface area contributed by atoms with E-state index in [1.54, 1.807) is 35.1 Å². The molecule has 9 rings (SSSR count). The second kappa shape index (κ2) is 24.1. The van der Waals surface area contributed by atoms with Crippen LogP contribution in [0.5, 0.6) is 0 Å². The highest BCUT2D eigenvalue weighted by Gasteiger charge is 2.45. The van der Waals surface area contributed by atoms with E-state index < -0.39 is 47.4 Å². The van der Waals surface area contributed by atoms with Crippen LogP contribution in [0.1, 0.15) is 121 Å². The van der Waals surface area contributed by atoms with Crippen LogP contribution in [0.25, 0.3) is 26.8 Å². The SMILES string of the molecule is Cc1ncsc1-c1ccc([C@H](C)NC(=O)[C@@H]2C[C@@H](O)CN2C(=O)[C@@H](NC(=O)COCOCc2cnc(-c3ccc([C@H](C)NC(=O)C[C@@H]4N=C(c5ccc(Cl)cc5)c5c(sc(C)c5C)-n5c(C)nnc54)cc3)nc2)C(C)(C)C)cc1. The summed E-state index contributed by atoms with van der Waals surface area (Å²) in [5.41, 5.74) is 10.1. The maximum atomic E-state index is 14.1. The molecule has 0 bridgehead atoms. The van der Waals surface area contributed by atoms with Crippen molar-refractivity contribution in [2.75, 3.05) is 19.9 Å². The molecule has 4 N–H and O–H groups in total. The van der Waals surface area contributed by atoms with Crippen LogP contribution >= 0.6 is 34.3 Å². The van der Waals surface area contributed by atoms with Crippen molar-refractivity contribution in [1.29, 1.82) is 0 Å². The number of aromatic nitrogens is 6. The minimum Gasteiger partial charge on any atom is -0.391 e. The topological polar surface area (TPSA) is 228 Å². The van der Waals surface area contributed by atoms with Crippen LogP contribution in [-0.4, -0.2) is 107 Å². The number of hydrogen-bond donors (Lipinski definition) is 4.